The summed E-state index contributed by atoms with van der Waals surface area (Å²) in [5.74, 6) is 1.03. The van der Waals surface area contributed by atoms with E-state index in [1.54, 1.807) is 0 Å². The van der Waals surface area contributed by atoms with Crippen LogP contribution in [-0.2, 0) is 19.0 Å². The minimum atomic E-state index is -0.0807. The zero-order chi connectivity index (χ0) is 12.1. The topological polar surface area (TPSA) is 44.8 Å². The molecule has 0 radical (unpaired) electrons. The van der Waals surface area contributed by atoms with Gasteiger partial charge in [-0.05, 0) is 38.5 Å². The van der Waals surface area contributed by atoms with E-state index in [2.05, 4.69) is 0 Å². The number of ether oxygens (including phenoxy) is 3. The standard InChI is InChI=1S/C13H22O4/c1-2-15-12(14)7-3-5-10-9-17-13-11(10)6-4-8-16-13/h10-11,13H,2-9H2,1H3/t10-,11-,13+/m0/s1. The van der Waals surface area contributed by atoms with E-state index in [1.165, 1.54) is 6.42 Å². The Morgan fingerprint density at radius 1 is 1.41 bits per heavy atom. The Morgan fingerprint density at radius 3 is 3.12 bits per heavy atom. The molecule has 98 valence electrons. The van der Waals surface area contributed by atoms with Crippen molar-refractivity contribution < 1.29 is 19.0 Å². The first-order chi connectivity index (χ1) is 8.31. The van der Waals surface area contributed by atoms with Crippen molar-refractivity contribution in [2.75, 3.05) is 19.8 Å². The van der Waals surface area contributed by atoms with Gasteiger partial charge in [-0.2, -0.15) is 0 Å². The van der Waals surface area contributed by atoms with Gasteiger partial charge in [-0.25, -0.2) is 0 Å². The second kappa shape index (κ2) is 6.36. The molecule has 2 saturated heterocycles. The van der Waals surface area contributed by atoms with Crippen molar-refractivity contribution in [3.8, 4) is 0 Å². The Morgan fingerprint density at radius 2 is 2.29 bits per heavy atom. The number of carbonyl (C=O) groups excluding carboxylic acids is 1. The van der Waals surface area contributed by atoms with E-state index in [4.69, 9.17) is 14.2 Å². The Kier molecular flexibility index (Phi) is 4.80. The van der Waals surface area contributed by atoms with Crippen LogP contribution in [0, 0.1) is 11.8 Å². The van der Waals surface area contributed by atoms with E-state index >= 15 is 0 Å². The van der Waals surface area contributed by atoms with Crippen molar-refractivity contribution in [2.45, 2.75) is 45.3 Å². The molecule has 2 aliphatic rings. The maximum Gasteiger partial charge on any atom is 0.305 e. The van der Waals surface area contributed by atoms with Crippen LogP contribution >= 0.6 is 0 Å². The van der Waals surface area contributed by atoms with Gasteiger partial charge in [0.15, 0.2) is 6.29 Å². The third kappa shape index (κ3) is 3.42. The number of carbonyl (C=O) groups is 1. The van der Waals surface area contributed by atoms with Gasteiger partial charge in [0.2, 0.25) is 0 Å². The van der Waals surface area contributed by atoms with Crippen molar-refractivity contribution in [3.05, 3.63) is 0 Å². The Hall–Kier alpha value is -0.610. The molecule has 2 heterocycles. The van der Waals surface area contributed by atoms with Crippen LogP contribution in [0.4, 0.5) is 0 Å². The Balaban J connectivity index is 1.67. The molecule has 17 heavy (non-hydrogen) atoms. The van der Waals surface area contributed by atoms with Crippen LogP contribution in [-0.4, -0.2) is 32.1 Å². The van der Waals surface area contributed by atoms with Crippen molar-refractivity contribution in [3.63, 3.8) is 0 Å². The summed E-state index contributed by atoms with van der Waals surface area (Å²) in [5, 5.41) is 0. The third-order valence-corrected chi connectivity index (χ3v) is 3.65. The lowest BCUT2D eigenvalue weighted by molar-refractivity contribution is -0.151. The molecular weight excluding hydrogens is 220 g/mol. The first-order valence-corrected chi connectivity index (χ1v) is 6.70. The molecule has 0 aliphatic carbocycles. The highest BCUT2D eigenvalue weighted by Gasteiger charge is 2.39. The molecule has 0 spiro atoms. The van der Waals surface area contributed by atoms with Gasteiger partial charge < -0.3 is 14.2 Å². The SMILES string of the molecule is CCOC(=O)CCC[C@H]1CO[C@H]2OCCC[C@@H]12. The van der Waals surface area contributed by atoms with Gasteiger partial charge in [0.25, 0.3) is 0 Å². The molecule has 2 aliphatic heterocycles. The summed E-state index contributed by atoms with van der Waals surface area (Å²) in [6, 6.07) is 0. The van der Waals surface area contributed by atoms with Crippen LogP contribution in [0.3, 0.4) is 0 Å². The monoisotopic (exact) mass is 242 g/mol. The van der Waals surface area contributed by atoms with Crippen molar-refractivity contribution in [1.82, 2.24) is 0 Å². The minimum Gasteiger partial charge on any atom is -0.466 e. The lowest BCUT2D eigenvalue weighted by Gasteiger charge is -2.27. The first-order valence-electron chi connectivity index (χ1n) is 6.70. The number of hydrogen-bond donors (Lipinski definition) is 0. The van der Waals surface area contributed by atoms with Gasteiger partial charge >= 0.3 is 5.97 Å². The van der Waals surface area contributed by atoms with E-state index in [9.17, 15) is 4.79 Å². The lowest BCUT2D eigenvalue weighted by Crippen LogP contribution is -2.28. The highest BCUT2D eigenvalue weighted by Crippen LogP contribution is 2.37. The molecule has 0 bridgehead atoms. The predicted molar refractivity (Wildman–Crippen MR) is 62.4 cm³/mol. The summed E-state index contributed by atoms with van der Waals surface area (Å²) in [4.78, 5) is 11.2. The molecule has 0 aromatic rings. The van der Waals surface area contributed by atoms with Crippen molar-refractivity contribution in [1.29, 1.82) is 0 Å². The molecular formula is C13H22O4. The summed E-state index contributed by atoms with van der Waals surface area (Å²) in [5.41, 5.74) is 0. The van der Waals surface area contributed by atoms with E-state index < -0.39 is 0 Å². The van der Waals surface area contributed by atoms with Gasteiger partial charge in [-0.15, -0.1) is 0 Å². The maximum atomic E-state index is 11.2. The van der Waals surface area contributed by atoms with E-state index in [1.807, 2.05) is 6.92 Å². The number of rotatable bonds is 5. The van der Waals surface area contributed by atoms with Gasteiger partial charge in [0.05, 0.1) is 13.2 Å². The molecule has 0 saturated carbocycles. The summed E-state index contributed by atoms with van der Waals surface area (Å²) in [6.45, 7) is 3.94. The zero-order valence-electron chi connectivity index (χ0n) is 10.5. The van der Waals surface area contributed by atoms with E-state index in [0.717, 1.165) is 32.5 Å². The summed E-state index contributed by atoms with van der Waals surface area (Å²) in [6.07, 6.45) is 4.84. The first kappa shape index (κ1) is 12.8. The minimum absolute atomic E-state index is 0.0244. The average Bonchev–Trinajstić information content (AvgIpc) is 2.73. The smallest absolute Gasteiger partial charge is 0.305 e. The van der Waals surface area contributed by atoms with Gasteiger partial charge in [-0.3, -0.25) is 4.79 Å². The highest BCUT2D eigenvalue weighted by molar-refractivity contribution is 5.69. The van der Waals surface area contributed by atoms with Crippen LogP contribution < -0.4 is 0 Å². The van der Waals surface area contributed by atoms with Crippen LogP contribution in [0.15, 0.2) is 0 Å². The molecule has 4 nitrogen and oxygen atoms in total. The van der Waals surface area contributed by atoms with Crippen LogP contribution in [0.1, 0.15) is 39.0 Å². The second-order valence-electron chi connectivity index (χ2n) is 4.84. The fourth-order valence-corrected chi connectivity index (χ4v) is 2.79. The predicted octanol–water partition coefficient (Wildman–Crippen LogP) is 2.12. The average molecular weight is 242 g/mol. The van der Waals surface area contributed by atoms with E-state index in [-0.39, 0.29) is 12.3 Å². The summed E-state index contributed by atoms with van der Waals surface area (Å²) >= 11 is 0. The molecule has 2 rings (SSSR count). The number of fused-ring (bicyclic) bond motifs is 1. The van der Waals surface area contributed by atoms with Gasteiger partial charge in [0.1, 0.15) is 0 Å². The molecule has 0 aromatic carbocycles. The maximum absolute atomic E-state index is 11.2. The zero-order valence-corrected chi connectivity index (χ0v) is 10.5. The van der Waals surface area contributed by atoms with Crippen LogP contribution in [0.25, 0.3) is 0 Å². The second-order valence-corrected chi connectivity index (χ2v) is 4.84. The Labute approximate surface area is 103 Å². The quantitative estimate of drug-likeness (QED) is 0.693. The van der Waals surface area contributed by atoms with Crippen LogP contribution in [0.2, 0.25) is 0 Å². The molecule has 0 aromatic heterocycles. The molecule has 0 amide bonds. The molecule has 3 atom stereocenters. The molecule has 4 heteroatoms. The van der Waals surface area contributed by atoms with E-state index in [0.29, 0.717) is 24.9 Å². The van der Waals surface area contributed by atoms with Gasteiger partial charge in [0, 0.05) is 18.9 Å². The highest BCUT2D eigenvalue weighted by atomic mass is 16.7. The molecule has 2 fully saturated rings. The Bertz CT molecular complexity index is 254. The fraction of sp³-hybridized carbons (Fsp3) is 0.923. The summed E-state index contributed by atoms with van der Waals surface area (Å²) in [7, 11) is 0. The summed E-state index contributed by atoms with van der Waals surface area (Å²) < 4.78 is 16.1. The molecule has 0 unspecified atom stereocenters. The van der Waals surface area contributed by atoms with Crippen molar-refractivity contribution >= 4 is 5.97 Å². The molecule has 0 N–H and O–H groups in total. The third-order valence-electron chi connectivity index (χ3n) is 3.65. The fourth-order valence-electron chi connectivity index (χ4n) is 2.79. The normalized spacial score (nSPS) is 32.2. The number of esters is 1. The number of hydrogen-bond acceptors (Lipinski definition) is 4. The largest absolute Gasteiger partial charge is 0.466 e. The van der Waals surface area contributed by atoms with Crippen LogP contribution in [0.5, 0.6) is 0 Å². The van der Waals surface area contributed by atoms with Crippen molar-refractivity contribution in [2.24, 2.45) is 11.8 Å². The van der Waals surface area contributed by atoms with Gasteiger partial charge in [-0.1, -0.05) is 0 Å². The lowest BCUT2D eigenvalue weighted by atomic mass is 9.86.